The molecule has 0 radical (unpaired) electrons. The fourth-order valence-corrected chi connectivity index (χ4v) is 1.26. The van der Waals surface area contributed by atoms with Gasteiger partial charge in [0.25, 0.3) is 0 Å². The molecule has 1 saturated heterocycles. The Morgan fingerprint density at radius 3 is 2.56 bits per heavy atom. The smallest absolute Gasteiger partial charge is 0.331 e. The zero-order chi connectivity index (χ0) is 12.3. The van der Waals surface area contributed by atoms with Crippen molar-refractivity contribution >= 4 is 17.8 Å². The van der Waals surface area contributed by atoms with Gasteiger partial charge in [0.2, 0.25) is 11.8 Å². The molecule has 0 aliphatic carbocycles. The van der Waals surface area contributed by atoms with Crippen LogP contribution in [0.2, 0.25) is 0 Å². The maximum absolute atomic E-state index is 11.5. The van der Waals surface area contributed by atoms with Crippen LogP contribution in [0.3, 0.4) is 0 Å². The number of aliphatic carboxylic acids is 1. The van der Waals surface area contributed by atoms with Crippen molar-refractivity contribution in [2.75, 3.05) is 26.7 Å². The molecule has 6 nitrogen and oxygen atoms in total. The predicted molar refractivity (Wildman–Crippen MR) is 55.6 cm³/mol. The summed E-state index contributed by atoms with van der Waals surface area (Å²) in [5.41, 5.74) is 0.166. The van der Waals surface area contributed by atoms with E-state index < -0.39 is 5.97 Å². The SMILES string of the molecule is CC(=CCN1CC(=O)N(C)CC1=O)C(=O)O. The number of carbonyl (C=O) groups is 3. The summed E-state index contributed by atoms with van der Waals surface area (Å²) in [5, 5.41) is 8.62. The van der Waals surface area contributed by atoms with Gasteiger partial charge in [0, 0.05) is 19.2 Å². The van der Waals surface area contributed by atoms with Crippen LogP contribution in [0.25, 0.3) is 0 Å². The fraction of sp³-hybridized carbons (Fsp3) is 0.500. The molecule has 1 fully saturated rings. The molecule has 2 amide bonds. The van der Waals surface area contributed by atoms with E-state index in [-0.39, 0.29) is 37.0 Å². The van der Waals surface area contributed by atoms with E-state index in [2.05, 4.69) is 0 Å². The van der Waals surface area contributed by atoms with Crippen LogP contribution in [-0.2, 0) is 14.4 Å². The maximum Gasteiger partial charge on any atom is 0.331 e. The molecule has 0 saturated carbocycles. The Kier molecular flexibility index (Phi) is 3.65. The molecule has 0 unspecified atom stereocenters. The summed E-state index contributed by atoms with van der Waals surface area (Å²) in [6.45, 7) is 1.68. The third-order valence-corrected chi connectivity index (χ3v) is 2.43. The van der Waals surface area contributed by atoms with Gasteiger partial charge in [-0.25, -0.2) is 4.79 Å². The van der Waals surface area contributed by atoms with Crippen LogP contribution in [0, 0.1) is 0 Å². The molecule has 16 heavy (non-hydrogen) atoms. The van der Waals surface area contributed by atoms with Crippen molar-refractivity contribution in [3.05, 3.63) is 11.6 Å². The van der Waals surface area contributed by atoms with Gasteiger partial charge in [-0.15, -0.1) is 0 Å². The van der Waals surface area contributed by atoms with Crippen LogP contribution >= 0.6 is 0 Å². The fourth-order valence-electron chi connectivity index (χ4n) is 1.26. The van der Waals surface area contributed by atoms with E-state index in [1.807, 2.05) is 0 Å². The second-order valence-electron chi connectivity index (χ2n) is 3.72. The minimum atomic E-state index is -1.02. The summed E-state index contributed by atoms with van der Waals surface area (Å²) in [5.74, 6) is -1.33. The average molecular weight is 226 g/mol. The Balaban J connectivity index is 2.62. The summed E-state index contributed by atoms with van der Waals surface area (Å²) in [4.78, 5) is 36.0. The zero-order valence-corrected chi connectivity index (χ0v) is 9.27. The normalized spacial score (nSPS) is 18.0. The Morgan fingerprint density at radius 1 is 1.38 bits per heavy atom. The summed E-state index contributed by atoms with van der Waals surface area (Å²) >= 11 is 0. The third kappa shape index (κ3) is 2.82. The van der Waals surface area contributed by atoms with E-state index >= 15 is 0 Å². The lowest BCUT2D eigenvalue weighted by molar-refractivity contribution is -0.148. The highest BCUT2D eigenvalue weighted by molar-refractivity contribution is 5.92. The van der Waals surface area contributed by atoms with Crippen LogP contribution in [-0.4, -0.2) is 59.4 Å². The molecule has 88 valence electrons. The van der Waals surface area contributed by atoms with E-state index in [1.165, 1.54) is 22.8 Å². The van der Waals surface area contributed by atoms with Gasteiger partial charge >= 0.3 is 5.97 Å². The molecule has 1 aliphatic heterocycles. The Labute approximate surface area is 93.1 Å². The molecule has 0 aromatic heterocycles. The number of hydrogen-bond donors (Lipinski definition) is 1. The minimum Gasteiger partial charge on any atom is -0.478 e. The number of nitrogens with zero attached hydrogens (tertiary/aromatic N) is 2. The second-order valence-corrected chi connectivity index (χ2v) is 3.72. The van der Waals surface area contributed by atoms with Crippen LogP contribution < -0.4 is 0 Å². The number of rotatable bonds is 3. The van der Waals surface area contributed by atoms with E-state index in [0.29, 0.717) is 0 Å². The molecule has 1 N–H and O–H groups in total. The van der Waals surface area contributed by atoms with Crippen molar-refractivity contribution in [2.24, 2.45) is 0 Å². The topological polar surface area (TPSA) is 77.9 Å². The number of carboxylic acids is 1. The lowest BCUT2D eigenvalue weighted by Gasteiger charge is -2.30. The van der Waals surface area contributed by atoms with Crippen molar-refractivity contribution in [2.45, 2.75) is 6.92 Å². The molecule has 0 spiro atoms. The Bertz CT molecular complexity index is 362. The molecular weight excluding hydrogens is 212 g/mol. The monoisotopic (exact) mass is 226 g/mol. The van der Waals surface area contributed by atoms with Gasteiger partial charge in [-0.05, 0) is 6.92 Å². The number of carboxylic acid groups (broad SMARTS) is 1. The first kappa shape index (κ1) is 12.2. The third-order valence-electron chi connectivity index (χ3n) is 2.43. The Morgan fingerprint density at radius 2 is 2.00 bits per heavy atom. The molecule has 0 bridgehead atoms. The van der Waals surface area contributed by atoms with Crippen molar-refractivity contribution in [1.29, 1.82) is 0 Å². The first-order chi connectivity index (χ1) is 7.41. The van der Waals surface area contributed by atoms with Crippen LogP contribution in [0.15, 0.2) is 11.6 Å². The number of carbonyl (C=O) groups excluding carboxylic acids is 2. The molecule has 1 rings (SSSR count). The van der Waals surface area contributed by atoms with Gasteiger partial charge < -0.3 is 14.9 Å². The van der Waals surface area contributed by atoms with Crippen molar-refractivity contribution in [3.8, 4) is 0 Å². The van der Waals surface area contributed by atoms with Gasteiger partial charge in [0.1, 0.15) is 6.54 Å². The Hall–Kier alpha value is -1.85. The molecule has 6 heteroatoms. The van der Waals surface area contributed by atoms with E-state index in [4.69, 9.17) is 5.11 Å². The summed E-state index contributed by atoms with van der Waals surface area (Å²) in [6, 6.07) is 0. The van der Waals surface area contributed by atoms with Crippen molar-refractivity contribution in [1.82, 2.24) is 9.80 Å². The number of likely N-dealkylation sites (N-methyl/N-ethyl adjacent to an activating group) is 1. The number of hydrogen-bond acceptors (Lipinski definition) is 3. The van der Waals surface area contributed by atoms with Gasteiger partial charge in [-0.1, -0.05) is 6.08 Å². The average Bonchev–Trinajstić information content (AvgIpc) is 2.20. The number of amides is 2. The first-order valence-electron chi connectivity index (χ1n) is 4.83. The van der Waals surface area contributed by atoms with Crippen molar-refractivity contribution < 1.29 is 19.5 Å². The quantitative estimate of drug-likeness (QED) is 0.647. The van der Waals surface area contributed by atoms with E-state index in [1.54, 1.807) is 7.05 Å². The summed E-state index contributed by atoms with van der Waals surface area (Å²) < 4.78 is 0. The maximum atomic E-state index is 11.5. The lowest BCUT2D eigenvalue weighted by Crippen LogP contribution is -2.52. The van der Waals surface area contributed by atoms with Crippen LogP contribution in [0.5, 0.6) is 0 Å². The summed E-state index contributed by atoms with van der Waals surface area (Å²) in [7, 11) is 1.57. The largest absolute Gasteiger partial charge is 0.478 e. The summed E-state index contributed by atoms with van der Waals surface area (Å²) in [6.07, 6.45) is 1.43. The molecule has 1 aliphatic rings. The van der Waals surface area contributed by atoms with Gasteiger partial charge in [0.05, 0.1) is 6.54 Å². The van der Waals surface area contributed by atoms with Gasteiger partial charge in [-0.2, -0.15) is 0 Å². The predicted octanol–water partition coefficient (Wildman–Crippen LogP) is -0.682. The van der Waals surface area contributed by atoms with Gasteiger partial charge in [0.15, 0.2) is 0 Å². The first-order valence-corrected chi connectivity index (χ1v) is 4.83. The highest BCUT2D eigenvalue weighted by atomic mass is 16.4. The molecule has 0 aromatic rings. The standard InChI is InChI=1S/C10H14N2O4/c1-7(10(15)16)3-4-12-6-8(13)11(2)5-9(12)14/h3H,4-6H2,1-2H3,(H,15,16). The lowest BCUT2D eigenvalue weighted by atomic mass is 10.2. The van der Waals surface area contributed by atoms with E-state index in [9.17, 15) is 14.4 Å². The second kappa shape index (κ2) is 4.78. The molecular formula is C10H14N2O4. The highest BCUT2D eigenvalue weighted by Crippen LogP contribution is 2.03. The van der Waals surface area contributed by atoms with E-state index in [0.717, 1.165) is 0 Å². The molecule has 0 aromatic carbocycles. The van der Waals surface area contributed by atoms with Gasteiger partial charge in [-0.3, -0.25) is 9.59 Å². The number of piperazine rings is 1. The van der Waals surface area contributed by atoms with Crippen molar-refractivity contribution in [3.63, 3.8) is 0 Å². The zero-order valence-electron chi connectivity index (χ0n) is 9.27. The van der Waals surface area contributed by atoms with Crippen LogP contribution in [0.1, 0.15) is 6.92 Å². The molecule has 0 atom stereocenters. The van der Waals surface area contributed by atoms with Crippen LogP contribution in [0.4, 0.5) is 0 Å². The highest BCUT2D eigenvalue weighted by Gasteiger charge is 2.26. The minimum absolute atomic E-state index is 0.0126. The molecule has 1 heterocycles.